The van der Waals surface area contributed by atoms with Gasteiger partial charge >= 0.3 is 0 Å². The van der Waals surface area contributed by atoms with Crippen LogP contribution in [0.25, 0.3) is 21.0 Å². The Morgan fingerprint density at radius 1 is 0.955 bits per heavy atom. The summed E-state index contributed by atoms with van der Waals surface area (Å²) in [5, 5.41) is 7.26. The van der Waals surface area contributed by atoms with Gasteiger partial charge in [0.2, 0.25) is 0 Å². The van der Waals surface area contributed by atoms with Crippen LogP contribution in [0, 0.1) is 0 Å². The summed E-state index contributed by atoms with van der Waals surface area (Å²) in [6, 6.07) is 20.5. The van der Waals surface area contributed by atoms with Crippen molar-refractivity contribution in [3.8, 4) is 0 Å². The Morgan fingerprint density at radius 3 is 2.50 bits per heavy atom. The minimum absolute atomic E-state index is 0.770. The Labute approximate surface area is 137 Å². The van der Waals surface area contributed by atoms with Crippen molar-refractivity contribution in [1.29, 1.82) is 0 Å². The first kappa shape index (κ1) is 13.6. The number of hydrogen-bond acceptors (Lipinski definition) is 3. The molecule has 0 aliphatic rings. The fourth-order valence-electron chi connectivity index (χ4n) is 2.56. The lowest BCUT2D eigenvalue weighted by molar-refractivity contribution is 1.14. The van der Waals surface area contributed by atoms with Gasteiger partial charge in [-0.15, -0.1) is 0 Å². The number of hydrogen-bond donors (Lipinski definition) is 1. The van der Waals surface area contributed by atoms with E-state index in [0.717, 1.165) is 37.7 Å². The number of rotatable bonds is 3. The highest BCUT2D eigenvalue weighted by Crippen LogP contribution is 2.36. The molecular formula is C18H13ClN2S. The molecule has 1 aromatic heterocycles. The smallest absolute Gasteiger partial charge is 0.184 e. The van der Waals surface area contributed by atoms with Crippen LogP contribution in [0.3, 0.4) is 0 Å². The van der Waals surface area contributed by atoms with Gasteiger partial charge in [-0.1, -0.05) is 77.5 Å². The van der Waals surface area contributed by atoms with Crippen LogP contribution in [0.1, 0.15) is 5.56 Å². The quantitative estimate of drug-likeness (QED) is 0.521. The fraction of sp³-hybridized carbons (Fsp3) is 0.0556. The van der Waals surface area contributed by atoms with Crippen molar-refractivity contribution >= 4 is 49.1 Å². The van der Waals surface area contributed by atoms with Crippen LogP contribution in [-0.2, 0) is 6.54 Å². The van der Waals surface area contributed by atoms with E-state index < -0.39 is 0 Å². The summed E-state index contributed by atoms with van der Waals surface area (Å²) < 4.78 is 1.11. The Hall–Kier alpha value is -2.10. The number of aromatic nitrogens is 1. The molecule has 3 aromatic carbocycles. The van der Waals surface area contributed by atoms with E-state index in [-0.39, 0.29) is 0 Å². The second kappa shape index (κ2) is 5.59. The second-order valence-electron chi connectivity index (χ2n) is 5.11. The van der Waals surface area contributed by atoms with E-state index in [0.29, 0.717) is 0 Å². The van der Waals surface area contributed by atoms with Crippen molar-refractivity contribution in [1.82, 2.24) is 4.98 Å². The van der Waals surface area contributed by atoms with E-state index in [1.54, 1.807) is 11.3 Å². The Morgan fingerprint density at radius 2 is 1.68 bits per heavy atom. The van der Waals surface area contributed by atoms with Gasteiger partial charge < -0.3 is 5.32 Å². The summed E-state index contributed by atoms with van der Waals surface area (Å²) >= 11 is 8.02. The van der Waals surface area contributed by atoms with Crippen LogP contribution in [0.2, 0.25) is 5.02 Å². The minimum atomic E-state index is 0.770. The molecule has 4 rings (SSSR count). The lowest BCUT2D eigenvalue weighted by Crippen LogP contribution is -1.98. The van der Waals surface area contributed by atoms with Crippen LogP contribution >= 0.6 is 22.9 Å². The molecule has 0 saturated carbocycles. The molecule has 0 spiro atoms. The molecular weight excluding hydrogens is 312 g/mol. The molecule has 0 aliphatic carbocycles. The molecule has 0 atom stereocenters. The van der Waals surface area contributed by atoms with Crippen molar-refractivity contribution in [3.63, 3.8) is 0 Å². The van der Waals surface area contributed by atoms with E-state index in [4.69, 9.17) is 16.6 Å². The largest absolute Gasteiger partial charge is 0.357 e. The first-order valence-electron chi connectivity index (χ1n) is 7.07. The summed E-state index contributed by atoms with van der Waals surface area (Å²) in [5.74, 6) is 0. The highest BCUT2D eigenvalue weighted by atomic mass is 35.5. The van der Waals surface area contributed by atoms with Gasteiger partial charge in [0.25, 0.3) is 0 Å². The van der Waals surface area contributed by atoms with Gasteiger partial charge in [-0.2, -0.15) is 0 Å². The zero-order valence-electron chi connectivity index (χ0n) is 11.7. The number of benzene rings is 3. The molecule has 4 aromatic rings. The van der Waals surface area contributed by atoms with E-state index in [1.807, 2.05) is 42.5 Å². The molecule has 108 valence electrons. The molecule has 0 saturated heterocycles. The predicted molar refractivity (Wildman–Crippen MR) is 95.9 cm³/mol. The van der Waals surface area contributed by atoms with Gasteiger partial charge in [-0.25, -0.2) is 4.98 Å². The summed E-state index contributed by atoms with van der Waals surface area (Å²) in [7, 11) is 0. The molecule has 1 N–H and O–H groups in total. The molecule has 0 radical (unpaired) electrons. The molecule has 1 heterocycles. The average Bonchev–Trinajstić information content (AvgIpc) is 2.97. The number of thiazole rings is 1. The summed E-state index contributed by atoms with van der Waals surface area (Å²) in [6.45, 7) is 0.770. The second-order valence-corrected chi connectivity index (χ2v) is 6.55. The summed E-state index contributed by atoms with van der Waals surface area (Å²) in [4.78, 5) is 4.75. The Bertz CT molecular complexity index is 947. The van der Waals surface area contributed by atoms with Crippen molar-refractivity contribution < 1.29 is 0 Å². The van der Waals surface area contributed by atoms with Gasteiger partial charge in [0.1, 0.15) is 0 Å². The number of nitrogens with one attached hydrogen (secondary N) is 1. The topological polar surface area (TPSA) is 24.9 Å². The van der Waals surface area contributed by atoms with Crippen LogP contribution in [0.4, 0.5) is 5.13 Å². The third-order valence-electron chi connectivity index (χ3n) is 3.64. The third kappa shape index (κ3) is 2.43. The van der Waals surface area contributed by atoms with Crippen molar-refractivity contribution in [2.24, 2.45) is 0 Å². The number of nitrogens with zero attached hydrogens (tertiary/aromatic N) is 1. The maximum atomic E-state index is 6.38. The average molecular weight is 325 g/mol. The van der Waals surface area contributed by atoms with Crippen molar-refractivity contribution in [2.45, 2.75) is 6.54 Å². The first-order chi connectivity index (χ1) is 10.8. The van der Waals surface area contributed by atoms with E-state index in [1.165, 1.54) is 5.56 Å². The zero-order valence-corrected chi connectivity index (χ0v) is 13.3. The van der Waals surface area contributed by atoms with Gasteiger partial charge in [-0.3, -0.25) is 0 Å². The highest BCUT2D eigenvalue weighted by molar-refractivity contribution is 7.22. The first-order valence-corrected chi connectivity index (χ1v) is 8.26. The van der Waals surface area contributed by atoms with Crippen LogP contribution in [0.5, 0.6) is 0 Å². The van der Waals surface area contributed by atoms with Gasteiger partial charge in [0.05, 0.1) is 10.2 Å². The molecule has 2 nitrogen and oxygen atoms in total. The third-order valence-corrected chi connectivity index (χ3v) is 4.91. The minimum Gasteiger partial charge on any atom is -0.357 e. The van der Waals surface area contributed by atoms with Crippen LogP contribution < -0.4 is 5.32 Å². The molecule has 0 amide bonds. The molecule has 0 unspecified atom stereocenters. The normalized spacial score (nSPS) is 11.1. The molecule has 0 fully saturated rings. The summed E-state index contributed by atoms with van der Waals surface area (Å²) in [5.41, 5.74) is 2.25. The lowest BCUT2D eigenvalue weighted by Gasteiger charge is -2.01. The fourth-order valence-corrected chi connectivity index (χ4v) is 3.82. The number of halogens is 1. The highest BCUT2D eigenvalue weighted by Gasteiger charge is 2.10. The lowest BCUT2D eigenvalue weighted by atomic mass is 10.1. The maximum Gasteiger partial charge on any atom is 0.184 e. The number of fused-ring (bicyclic) bond motifs is 3. The molecule has 0 aliphatic heterocycles. The monoisotopic (exact) mass is 324 g/mol. The molecule has 4 heteroatoms. The van der Waals surface area contributed by atoms with E-state index in [2.05, 4.69) is 23.5 Å². The Balaban J connectivity index is 1.73. The van der Waals surface area contributed by atoms with Crippen molar-refractivity contribution in [2.75, 3.05) is 5.32 Å². The predicted octanol–water partition coefficient (Wildman–Crippen LogP) is 5.72. The van der Waals surface area contributed by atoms with Gasteiger partial charge in [0, 0.05) is 22.3 Å². The van der Waals surface area contributed by atoms with E-state index >= 15 is 0 Å². The van der Waals surface area contributed by atoms with Crippen molar-refractivity contribution in [3.05, 3.63) is 71.2 Å². The summed E-state index contributed by atoms with van der Waals surface area (Å²) in [6.07, 6.45) is 0. The number of anilines is 1. The maximum absolute atomic E-state index is 6.38. The molecule has 0 bridgehead atoms. The zero-order chi connectivity index (χ0) is 14.9. The van der Waals surface area contributed by atoms with Gasteiger partial charge in [-0.05, 0) is 11.6 Å². The van der Waals surface area contributed by atoms with Crippen LogP contribution in [0.15, 0.2) is 60.7 Å². The van der Waals surface area contributed by atoms with Crippen LogP contribution in [-0.4, -0.2) is 4.98 Å². The standard InChI is InChI=1S/C18H13ClN2S/c19-15-10-16-17(14-9-5-4-8-13(14)15)21-18(22-16)20-11-12-6-2-1-3-7-12/h1-10H,11H2,(H,20,21). The van der Waals surface area contributed by atoms with E-state index in [9.17, 15) is 0 Å². The Kier molecular flexibility index (Phi) is 3.45. The van der Waals surface area contributed by atoms with Gasteiger partial charge in [0.15, 0.2) is 5.13 Å². The SMILES string of the molecule is Clc1cc2sc(NCc3ccccc3)nc2c2ccccc12. The molecule has 22 heavy (non-hydrogen) atoms.